The van der Waals surface area contributed by atoms with Crippen molar-refractivity contribution in [3.05, 3.63) is 89.5 Å². The number of benzene rings is 2. The largest absolute Gasteiger partial charge is 0.459 e. The summed E-state index contributed by atoms with van der Waals surface area (Å²) in [4.78, 5) is 34.4. The molecule has 0 bridgehead atoms. The SMILES string of the molecule is Cc1ccc(-c2cccc3c(C(=O)N4CCN(C(=O)c5ccco5)CC4)cc(C)nc23)cc1. The molecule has 0 unspecified atom stereocenters. The van der Waals surface area contributed by atoms with Gasteiger partial charge < -0.3 is 14.2 Å². The molecule has 0 aliphatic carbocycles. The highest BCUT2D eigenvalue weighted by molar-refractivity contribution is 6.09. The topological polar surface area (TPSA) is 66.7 Å². The second kappa shape index (κ2) is 8.54. The Morgan fingerprint density at radius 1 is 0.848 bits per heavy atom. The standard InChI is InChI=1S/C27H25N3O3/c1-18-8-10-20(11-9-18)21-5-3-6-22-23(17-19(2)28-25(21)22)26(31)29-12-14-30(15-13-29)27(32)24-7-4-16-33-24/h3-11,16-17H,12-15H2,1-2H3. The van der Waals surface area contributed by atoms with Crippen LogP contribution in [-0.4, -0.2) is 52.8 Å². The van der Waals surface area contributed by atoms with Crippen LogP contribution >= 0.6 is 0 Å². The van der Waals surface area contributed by atoms with E-state index >= 15 is 0 Å². The fourth-order valence-electron chi connectivity index (χ4n) is 4.36. The predicted molar refractivity (Wildman–Crippen MR) is 127 cm³/mol. The average Bonchev–Trinajstić information content (AvgIpc) is 3.38. The maximum absolute atomic E-state index is 13.5. The van der Waals surface area contributed by atoms with E-state index in [1.807, 2.05) is 36.1 Å². The first kappa shape index (κ1) is 20.9. The van der Waals surface area contributed by atoms with Gasteiger partial charge >= 0.3 is 0 Å². The van der Waals surface area contributed by atoms with Crippen molar-refractivity contribution in [2.45, 2.75) is 13.8 Å². The van der Waals surface area contributed by atoms with E-state index in [0.717, 1.165) is 27.7 Å². The van der Waals surface area contributed by atoms with E-state index in [1.54, 1.807) is 17.0 Å². The summed E-state index contributed by atoms with van der Waals surface area (Å²) >= 11 is 0. The predicted octanol–water partition coefficient (Wildman–Crippen LogP) is 4.71. The fourth-order valence-corrected chi connectivity index (χ4v) is 4.36. The molecule has 1 fully saturated rings. The smallest absolute Gasteiger partial charge is 0.289 e. The van der Waals surface area contributed by atoms with Crippen molar-refractivity contribution in [1.29, 1.82) is 0 Å². The number of hydrogen-bond acceptors (Lipinski definition) is 4. The molecule has 2 aromatic carbocycles. The van der Waals surface area contributed by atoms with Crippen LogP contribution in [0.3, 0.4) is 0 Å². The Balaban J connectivity index is 1.43. The first-order valence-electron chi connectivity index (χ1n) is 11.1. The molecule has 0 N–H and O–H groups in total. The van der Waals surface area contributed by atoms with Gasteiger partial charge in [-0.05, 0) is 37.6 Å². The van der Waals surface area contributed by atoms with E-state index in [2.05, 4.69) is 31.2 Å². The minimum atomic E-state index is -0.139. The molecule has 33 heavy (non-hydrogen) atoms. The number of aryl methyl sites for hydroxylation is 2. The van der Waals surface area contributed by atoms with Crippen molar-refractivity contribution >= 4 is 22.7 Å². The molecule has 3 heterocycles. The zero-order valence-electron chi connectivity index (χ0n) is 18.7. The van der Waals surface area contributed by atoms with Crippen LogP contribution in [-0.2, 0) is 0 Å². The van der Waals surface area contributed by atoms with Gasteiger partial charge in [0, 0.05) is 42.8 Å². The number of amides is 2. The van der Waals surface area contributed by atoms with E-state index in [1.165, 1.54) is 11.8 Å². The molecule has 1 aliphatic rings. The minimum Gasteiger partial charge on any atom is -0.459 e. The lowest BCUT2D eigenvalue weighted by Gasteiger charge is -2.34. The average molecular weight is 440 g/mol. The minimum absolute atomic E-state index is 0.0309. The summed E-state index contributed by atoms with van der Waals surface area (Å²) in [5, 5.41) is 0.845. The van der Waals surface area contributed by atoms with Crippen LogP contribution in [0.15, 0.2) is 71.3 Å². The first-order chi connectivity index (χ1) is 16.0. The molecule has 0 spiro atoms. The van der Waals surface area contributed by atoms with Gasteiger partial charge in [-0.25, -0.2) is 0 Å². The summed E-state index contributed by atoms with van der Waals surface area (Å²) in [6, 6.07) is 19.6. The molecule has 1 aliphatic heterocycles. The van der Waals surface area contributed by atoms with Gasteiger partial charge in [0.1, 0.15) is 0 Å². The normalized spacial score (nSPS) is 14.0. The number of aromatic nitrogens is 1. The van der Waals surface area contributed by atoms with E-state index in [4.69, 9.17) is 9.40 Å². The monoisotopic (exact) mass is 439 g/mol. The number of hydrogen-bond donors (Lipinski definition) is 0. The molecule has 6 nitrogen and oxygen atoms in total. The van der Waals surface area contributed by atoms with Gasteiger partial charge in [0.2, 0.25) is 0 Å². The molecule has 166 valence electrons. The van der Waals surface area contributed by atoms with E-state index < -0.39 is 0 Å². The van der Waals surface area contributed by atoms with Gasteiger partial charge in [-0.2, -0.15) is 0 Å². The number of furan rings is 1. The zero-order chi connectivity index (χ0) is 22.9. The summed E-state index contributed by atoms with van der Waals surface area (Å²) in [7, 11) is 0. The lowest BCUT2D eigenvalue weighted by molar-refractivity contribution is 0.0519. The number of pyridine rings is 1. The molecule has 0 atom stereocenters. The number of piperazine rings is 1. The van der Waals surface area contributed by atoms with Crippen molar-refractivity contribution < 1.29 is 14.0 Å². The van der Waals surface area contributed by atoms with Crippen molar-refractivity contribution in [2.24, 2.45) is 0 Å². The Bertz CT molecular complexity index is 1320. The van der Waals surface area contributed by atoms with Gasteiger partial charge in [-0.1, -0.05) is 48.0 Å². The second-order valence-electron chi connectivity index (χ2n) is 8.44. The van der Waals surface area contributed by atoms with Gasteiger partial charge in [0.05, 0.1) is 17.3 Å². The summed E-state index contributed by atoms with van der Waals surface area (Å²) in [6.45, 7) is 5.89. The number of carbonyl (C=O) groups is 2. The third-order valence-electron chi connectivity index (χ3n) is 6.15. The fraction of sp³-hybridized carbons (Fsp3) is 0.222. The third kappa shape index (κ3) is 4.00. The molecule has 2 aromatic heterocycles. The van der Waals surface area contributed by atoms with Crippen LogP contribution in [0, 0.1) is 13.8 Å². The Labute approximate surface area is 192 Å². The highest BCUT2D eigenvalue weighted by Crippen LogP contribution is 2.30. The molecule has 2 amide bonds. The van der Waals surface area contributed by atoms with Gasteiger partial charge in [-0.15, -0.1) is 0 Å². The van der Waals surface area contributed by atoms with Crippen molar-refractivity contribution in [1.82, 2.24) is 14.8 Å². The van der Waals surface area contributed by atoms with E-state index in [0.29, 0.717) is 37.5 Å². The van der Waals surface area contributed by atoms with Crippen LogP contribution in [0.2, 0.25) is 0 Å². The zero-order valence-corrected chi connectivity index (χ0v) is 18.7. The van der Waals surface area contributed by atoms with Crippen LogP contribution in [0.1, 0.15) is 32.2 Å². The molecular weight excluding hydrogens is 414 g/mol. The number of para-hydroxylation sites is 1. The van der Waals surface area contributed by atoms with Gasteiger partial charge in [0.15, 0.2) is 5.76 Å². The van der Waals surface area contributed by atoms with Crippen LogP contribution in [0.5, 0.6) is 0 Å². The highest BCUT2D eigenvalue weighted by Gasteiger charge is 2.27. The maximum atomic E-state index is 13.5. The summed E-state index contributed by atoms with van der Waals surface area (Å²) in [6.07, 6.45) is 1.49. The Hall–Kier alpha value is -3.93. The molecule has 0 radical (unpaired) electrons. The lowest BCUT2D eigenvalue weighted by Crippen LogP contribution is -2.50. The quantitative estimate of drug-likeness (QED) is 0.464. The van der Waals surface area contributed by atoms with Crippen molar-refractivity contribution in [3.8, 4) is 11.1 Å². The van der Waals surface area contributed by atoms with Crippen LogP contribution < -0.4 is 0 Å². The Morgan fingerprint density at radius 2 is 1.55 bits per heavy atom. The Kier molecular flexibility index (Phi) is 5.42. The number of carbonyl (C=O) groups excluding carboxylic acids is 2. The summed E-state index contributed by atoms with van der Waals surface area (Å²) in [5.74, 6) is 0.158. The number of nitrogens with zero attached hydrogens (tertiary/aromatic N) is 3. The summed E-state index contributed by atoms with van der Waals surface area (Å²) in [5.41, 5.74) is 5.57. The van der Waals surface area contributed by atoms with Crippen LogP contribution in [0.25, 0.3) is 22.0 Å². The van der Waals surface area contributed by atoms with E-state index in [-0.39, 0.29) is 11.8 Å². The second-order valence-corrected chi connectivity index (χ2v) is 8.44. The first-order valence-corrected chi connectivity index (χ1v) is 11.1. The molecule has 4 aromatic rings. The Morgan fingerprint density at radius 3 is 2.21 bits per heavy atom. The molecular formula is C27H25N3O3. The molecule has 0 saturated carbocycles. The third-order valence-corrected chi connectivity index (χ3v) is 6.15. The summed E-state index contributed by atoms with van der Waals surface area (Å²) < 4.78 is 5.23. The van der Waals surface area contributed by atoms with Crippen molar-refractivity contribution in [2.75, 3.05) is 26.2 Å². The van der Waals surface area contributed by atoms with Gasteiger partial charge in [-0.3, -0.25) is 14.6 Å². The number of rotatable bonds is 3. The lowest BCUT2D eigenvalue weighted by atomic mass is 9.97. The van der Waals surface area contributed by atoms with E-state index in [9.17, 15) is 9.59 Å². The van der Waals surface area contributed by atoms with Crippen LogP contribution in [0.4, 0.5) is 0 Å². The number of fused-ring (bicyclic) bond motifs is 1. The maximum Gasteiger partial charge on any atom is 0.289 e. The molecule has 5 rings (SSSR count). The highest BCUT2D eigenvalue weighted by atomic mass is 16.3. The molecule has 6 heteroatoms. The van der Waals surface area contributed by atoms with Crippen molar-refractivity contribution in [3.63, 3.8) is 0 Å². The molecule has 1 saturated heterocycles. The van der Waals surface area contributed by atoms with Gasteiger partial charge in [0.25, 0.3) is 11.8 Å².